The summed E-state index contributed by atoms with van der Waals surface area (Å²) in [6, 6.07) is 10.6. The summed E-state index contributed by atoms with van der Waals surface area (Å²) >= 11 is 0. The van der Waals surface area contributed by atoms with Gasteiger partial charge in [0, 0.05) is 40.7 Å². The second-order valence-corrected chi connectivity index (χ2v) is 6.90. The van der Waals surface area contributed by atoms with Crippen LogP contribution in [-0.4, -0.2) is 29.7 Å². The third-order valence-electron chi connectivity index (χ3n) is 4.86. The van der Waals surface area contributed by atoms with Crippen LogP contribution in [0.4, 0.5) is 10.1 Å². The van der Waals surface area contributed by atoms with Gasteiger partial charge >= 0.3 is 0 Å². The molecule has 31 heavy (non-hydrogen) atoms. The second kappa shape index (κ2) is 9.42. The number of ether oxygens (including phenoxy) is 2. The number of aryl methyl sites for hydroxylation is 1. The maximum absolute atomic E-state index is 13.4. The van der Waals surface area contributed by atoms with Crippen molar-refractivity contribution in [3.05, 3.63) is 69.9 Å². The van der Waals surface area contributed by atoms with Gasteiger partial charge in [0.2, 0.25) is 5.91 Å². The summed E-state index contributed by atoms with van der Waals surface area (Å²) in [5.74, 6) is 0.518. The van der Waals surface area contributed by atoms with E-state index < -0.39 is 11.7 Å². The molecule has 0 spiro atoms. The number of nitrogens with zero attached hydrogens (tertiary/aromatic N) is 2. The van der Waals surface area contributed by atoms with Crippen molar-refractivity contribution in [3.8, 4) is 22.9 Å². The highest BCUT2D eigenvalue weighted by Gasteiger charge is 2.17. The lowest BCUT2D eigenvalue weighted by molar-refractivity contribution is -0.116. The minimum absolute atomic E-state index is 0.259. The van der Waals surface area contributed by atoms with Gasteiger partial charge in [-0.25, -0.2) is 9.37 Å². The van der Waals surface area contributed by atoms with Gasteiger partial charge in [0.05, 0.1) is 14.2 Å². The monoisotopic (exact) mass is 425 g/mol. The largest absolute Gasteiger partial charge is 0.497 e. The molecular formula is C23H24FN3O4. The number of benzene rings is 2. The summed E-state index contributed by atoms with van der Waals surface area (Å²) < 4.78 is 25.1. The molecule has 7 nitrogen and oxygen atoms in total. The van der Waals surface area contributed by atoms with E-state index in [2.05, 4.69) is 10.3 Å². The molecule has 0 atom stereocenters. The molecule has 0 radical (unpaired) electrons. The van der Waals surface area contributed by atoms with E-state index in [4.69, 9.17) is 9.47 Å². The summed E-state index contributed by atoms with van der Waals surface area (Å²) in [5.41, 5.74) is 1.82. The number of methoxy groups -OCH3 is 2. The van der Waals surface area contributed by atoms with Crippen molar-refractivity contribution >= 4 is 11.6 Å². The van der Waals surface area contributed by atoms with E-state index in [9.17, 15) is 14.0 Å². The van der Waals surface area contributed by atoms with Gasteiger partial charge in [-0.2, -0.15) is 0 Å². The molecule has 3 aromatic rings. The predicted octanol–water partition coefficient (Wildman–Crippen LogP) is 3.58. The van der Waals surface area contributed by atoms with Crippen LogP contribution in [-0.2, 0) is 17.8 Å². The van der Waals surface area contributed by atoms with Crippen LogP contribution in [0.2, 0.25) is 0 Å². The van der Waals surface area contributed by atoms with Crippen molar-refractivity contribution < 1.29 is 18.7 Å². The van der Waals surface area contributed by atoms with Crippen LogP contribution >= 0.6 is 0 Å². The van der Waals surface area contributed by atoms with Crippen LogP contribution in [0.15, 0.2) is 47.3 Å². The molecule has 0 aliphatic heterocycles. The fourth-order valence-electron chi connectivity index (χ4n) is 3.30. The normalized spacial score (nSPS) is 10.6. The van der Waals surface area contributed by atoms with Gasteiger partial charge in [-0.05, 0) is 37.6 Å². The maximum Gasteiger partial charge on any atom is 0.257 e. The highest BCUT2D eigenvalue weighted by Crippen LogP contribution is 2.26. The van der Waals surface area contributed by atoms with Crippen LogP contribution < -0.4 is 20.3 Å². The number of nitrogens with one attached hydrogen (secondary N) is 1. The first-order valence-corrected chi connectivity index (χ1v) is 9.75. The van der Waals surface area contributed by atoms with Crippen molar-refractivity contribution in [2.45, 2.75) is 26.8 Å². The summed E-state index contributed by atoms with van der Waals surface area (Å²) in [5, 5.41) is 2.76. The van der Waals surface area contributed by atoms with Gasteiger partial charge in [-0.1, -0.05) is 6.92 Å². The third-order valence-corrected chi connectivity index (χ3v) is 4.86. The minimum Gasteiger partial charge on any atom is -0.497 e. The molecule has 1 heterocycles. The van der Waals surface area contributed by atoms with E-state index in [-0.39, 0.29) is 12.1 Å². The number of carbonyl (C=O) groups excluding carboxylic acids is 1. The minimum atomic E-state index is -0.423. The van der Waals surface area contributed by atoms with E-state index in [0.717, 1.165) is 0 Å². The number of aromatic nitrogens is 2. The van der Waals surface area contributed by atoms with Gasteiger partial charge < -0.3 is 14.8 Å². The number of rotatable bonds is 7. The third kappa shape index (κ3) is 4.91. The molecule has 0 fully saturated rings. The molecular weight excluding hydrogens is 401 g/mol. The molecule has 2 aromatic carbocycles. The fraction of sp³-hybridized carbons (Fsp3) is 0.261. The first-order chi connectivity index (χ1) is 14.9. The molecule has 1 amide bonds. The van der Waals surface area contributed by atoms with E-state index in [1.807, 2.05) is 6.92 Å². The number of carbonyl (C=O) groups is 1. The molecule has 0 aliphatic carbocycles. The SMILES string of the molecule is CCc1c(C)nc(-c2ccc(F)cc2)n(CC(=O)Nc2cc(OC)cc(OC)c2)c1=O. The van der Waals surface area contributed by atoms with Crippen molar-refractivity contribution in [2.75, 3.05) is 19.5 Å². The van der Waals surface area contributed by atoms with Gasteiger partial charge in [0.15, 0.2) is 0 Å². The smallest absolute Gasteiger partial charge is 0.257 e. The van der Waals surface area contributed by atoms with Gasteiger partial charge in [0.1, 0.15) is 29.7 Å². The molecule has 0 unspecified atom stereocenters. The summed E-state index contributed by atoms with van der Waals surface area (Å²) in [6.45, 7) is 3.35. The number of hydrogen-bond acceptors (Lipinski definition) is 5. The summed E-state index contributed by atoms with van der Waals surface area (Å²) in [7, 11) is 3.03. The zero-order chi connectivity index (χ0) is 22.5. The molecule has 0 bridgehead atoms. The standard InChI is InChI=1S/C23H24FN3O4/c1-5-20-14(2)25-22(15-6-8-16(24)9-7-15)27(23(20)29)13-21(28)26-17-10-18(30-3)12-19(11-17)31-4/h6-12H,5,13H2,1-4H3,(H,26,28). The van der Waals surface area contributed by atoms with Gasteiger partial charge in [-0.15, -0.1) is 0 Å². The quantitative estimate of drug-likeness (QED) is 0.626. The lowest BCUT2D eigenvalue weighted by Crippen LogP contribution is -2.32. The van der Waals surface area contributed by atoms with Crippen LogP contribution in [0, 0.1) is 12.7 Å². The van der Waals surface area contributed by atoms with Crippen LogP contribution in [0.3, 0.4) is 0 Å². The molecule has 0 aliphatic rings. The van der Waals surface area contributed by atoms with Crippen LogP contribution in [0.5, 0.6) is 11.5 Å². The molecule has 1 N–H and O–H groups in total. The first kappa shape index (κ1) is 22.0. The summed E-state index contributed by atoms with van der Waals surface area (Å²) in [4.78, 5) is 30.5. The van der Waals surface area contributed by atoms with Gasteiger partial charge in [0.25, 0.3) is 5.56 Å². The van der Waals surface area contributed by atoms with Crippen LogP contribution in [0.25, 0.3) is 11.4 Å². The molecule has 1 aromatic heterocycles. The Kier molecular flexibility index (Phi) is 6.69. The molecule has 3 rings (SSSR count). The van der Waals surface area contributed by atoms with E-state index >= 15 is 0 Å². The second-order valence-electron chi connectivity index (χ2n) is 6.90. The zero-order valence-corrected chi connectivity index (χ0v) is 17.9. The Bertz CT molecular complexity index is 1130. The number of hydrogen-bond donors (Lipinski definition) is 1. The van der Waals surface area contributed by atoms with E-state index in [1.54, 1.807) is 25.1 Å². The average molecular weight is 425 g/mol. The fourth-order valence-corrected chi connectivity index (χ4v) is 3.30. The van der Waals surface area contributed by atoms with Crippen molar-refractivity contribution in [1.29, 1.82) is 0 Å². The van der Waals surface area contributed by atoms with E-state index in [0.29, 0.717) is 46.3 Å². The van der Waals surface area contributed by atoms with Crippen molar-refractivity contribution in [1.82, 2.24) is 9.55 Å². The molecule has 8 heteroatoms. The lowest BCUT2D eigenvalue weighted by atomic mass is 10.1. The Morgan fingerprint density at radius 1 is 1.10 bits per heavy atom. The first-order valence-electron chi connectivity index (χ1n) is 9.75. The Labute approximate surface area is 179 Å². The number of amides is 1. The van der Waals surface area contributed by atoms with Gasteiger partial charge in [-0.3, -0.25) is 14.2 Å². The number of halogens is 1. The topological polar surface area (TPSA) is 82.5 Å². The Morgan fingerprint density at radius 2 is 1.71 bits per heavy atom. The Hall–Kier alpha value is -3.68. The summed E-state index contributed by atoms with van der Waals surface area (Å²) in [6.07, 6.45) is 0.482. The zero-order valence-electron chi connectivity index (χ0n) is 17.9. The Balaban J connectivity index is 1.99. The highest BCUT2D eigenvalue weighted by molar-refractivity contribution is 5.91. The lowest BCUT2D eigenvalue weighted by Gasteiger charge is -2.16. The van der Waals surface area contributed by atoms with E-state index in [1.165, 1.54) is 43.1 Å². The highest BCUT2D eigenvalue weighted by atomic mass is 19.1. The average Bonchev–Trinajstić information content (AvgIpc) is 2.76. The predicted molar refractivity (Wildman–Crippen MR) is 116 cm³/mol. The number of anilines is 1. The molecule has 0 saturated carbocycles. The van der Waals surface area contributed by atoms with Crippen molar-refractivity contribution in [3.63, 3.8) is 0 Å². The van der Waals surface area contributed by atoms with Crippen molar-refractivity contribution in [2.24, 2.45) is 0 Å². The molecule has 0 saturated heterocycles. The maximum atomic E-state index is 13.4. The molecule has 162 valence electrons. The van der Waals surface area contributed by atoms with Crippen LogP contribution in [0.1, 0.15) is 18.2 Å². The Morgan fingerprint density at radius 3 is 2.26 bits per heavy atom.